The zero-order valence-corrected chi connectivity index (χ0v) is 11.1. The van der Waals surface area contributed by atoms with Crippen LogP contribution in [0.15, 0.2) is 12.3 Å². The number of aromatic amines is 1. The molecule has 1 saturated carbocycles. The molecule has 1 aromatic heterocycles. The van der Waals surface area contributed by atoms with Gasteiger partial charge in [-0.1, -0.05) is 32.6 Å². The number of hydrogen-bond acceptors (Lipinski definition) is 2. The first-order chi connectivity index (χ1) is 8.25. The Morgan fingerprint density at radius 1 is 1.41 bits per heavy atom. The van der Waals surface area contributed by atoms with Gasteiger partial charge >= 0.3 is 0 Å². The minimum atomic E-state index is 0.389. The summed E-state index contributed by atoms with van der Waals surface area (Å²) >= 11 is 0. The topological polar surface area (TPSA) is 40.7 Å². The van der Waals surface area contributed by atoms with Crippen LogP contribution in [0.4, 0.5) is 0 Å². The summed E-state index contributed by atoms with van der Waals surface area (Å²) in [7, 11) is 0. The monoisotopic (exact) mass is 235 g/mol. The van der Waals surface area contributed by atoms with Crippen LogP contribution in [0.1, 0.15) is 57.7 Å². The summed E-state index contributed by atoms with van der Waals surface area (Å²) in [6.45, 7) is 5.70. The first-order valence-electron chi connectivity index (χ1n) is 6.98. The molecule has 96 valence electrons. The predicted octanol–water partition coefficient (Wildman–Crippen LogP) is 3.28. The summed E-state index contributed by atoms with van der Waals surface area (Å²) in [6, 6.07) is 2.43. The molecule has 0 spiro atoms. The number of hydrogen-bond donors (Lipinski definition) is 2. The van der Waals surface area contributed by atoms with E-state index in [0.29, 0.717) is 6.04 Å². The van der Waals surface area contributed by atoms with Gasteiger partial charge in [-0.3, -0.25) is 5.10 Å². The van der Waals surface area contributed by atoms with E-state index < -0.39 is 0 Å². The number of H-pyrrole nitrogens is 1. The zero-order valence-electron chi connectivity index (χ0n) is 11.1. The molecule has 1 aliphatic carbocycles. The Kier molecular flexibility index (Phi) is 4.60. The Balaban J connectivity index is 1.63. The van der Waals surface area contributed by atoms with E-state index in [1.54, 1.807) is 0 Å². The lowest BCUT2D eigenvalue weighted by Gasteiger charge is -2.26. The molecule has 1 aliphatic rings. The molecule has 1 aromatic rings. The van der Waals surface area contributed by atoms with Crippen molar-refractivity contribution in [1.29, 1.82) is 0 Å². The van der Waals surface area contributed by atoms with Crippen LogP contribution in [0.2, 0.25) is 0 Å². The number of aromatic nitrogens is 2. The van der Waals surface area contributed by atoms with E-state index in [1.165, 1.54) is 37.8 Å². The van der Waals surface area contributed by atoms with E-state index in [-0.39, 0.29) is 0 Å². The molecule has 1 heterocycles. The average molecular weight is 235 g/mol. The van der Waals surface area contributed by atoms with Crippen LogP contribution in [0.25, 0.3) is 0 Å². The Hall–Kier alpha value is -0.830. The molecule has 1 unspecified atom stereocenters. The van der Waals surface area contributed by atoms with Crippen molar-refractivity contribution >= 4 is 0 Å². The highest BCUT2D eigenvalue weighted by Gasteiger charge is 2.17. The van der Waals surface area contributed by atoms with E-state index in [2.05, 4.69) is 29.4 Å². The van der Waals surface area contributed by atoms with Gasteiger partial charge in [-0.15, -0.1) is 0 Å². The average Bonchev–Trinajstić information content (AvgIpc) is 2.85. The van der Waals surface area contributed by atoms with Gasteiger partial charge in [0.15, 0.2) is 0 Å². The fourth-order valence-corrected chi connectivity index (χ4v) is 2.74. The Labute approximate surface area is 104 Å². The molecule has 2 N–H and O–H groups in total. The van der Waals surface area contributed by atoms with Gasteiger partial charge in [0.2, 0.25) is 0 Å². The van der Waals surface area contributed by atoms with E-state index in [1.807, 2.05) is 12.3 Å². The van der Waals surface area contributed by atoms with Gasteiger partial charge in [0.1, 0.15) is 0 Å². The second-order valence-electron chi connectivity index (χ2n) is 5.60. The molecule has 0 radical (unpaired) electrons. The van der Waals surface area contributed by atoms with Crippen LogP contribution in [0.3, 0.4) is 0 Å². The van der Waals surface area contributed by atoms with Crippen molar-refractivity contribution in [2.24, 2.45) is 11.8 Å². The highest BCUT2D eigenvalue weighted by molar-refractivity contribution is 5.02. The second-order valence-corrected chi connectivity index (χ2v) is 5.60. The van der Waals surface area contributed by atoms with E-state index in [4.69, 9.17) is 0 Å². The summed E-state index contributed by atoms with van der Waals surface area (Å²) < 4.78 is 0. The molecule has 3 nitrogen and oxygen atoms in total. The maximum Gasteiger partial charge on any atom is 0.0518 e. The first-order valence-corrected chi connectivity index (χ1v) is 6.98. The van der Waals surface area contributed by atoms with Crippen LogP contribution >= 0.6 is 0 Å². The Bertz CT molecular complexity index is 299. The minimum Gasteiger partial charge on any atom is -0.309 e. The van der Waals surface area contributed by atoms with Gasteiger partial charge in [0.25, 0.3) is 0 Å². The third kappa shape index (κ3) is 3.84. The fraction of sp³-hybridized carbons (Fsp3) is 0.786. The van der Waals surface area contributed by atoms with Gasteiger partial charge in [0.05, 0.1) is 5.69 Å². The summed E-state index contributed by atoms with van der Waals surface area (Å²) in [5.74, 6) is 1.91. The summed E-state index contributed by atoms with van der Waals surface area (Å²) in [5, 5.41) is 10.6. The molecular formula is C14H25N3. The lowest BCUT2D eigenvalue weighted by atomic mass is 9.81. The second kappa shape index (κ2) is 6.20. The van der Waals surface area contributed by atoms with Crippen LogP contribution in [-0.2, 0) is 0 Å². The molecule has 0 saturated heterocycles. The molecule has 17 heavy (non-hydrogen) atoms. The van der Waals surface area contributed by atoms with Crippen molar-refractivity contribution in [3.63, 3.8) is 0 Å². The maximum absolute atomic E-state index is 3.98. The van der Waals surface area contributed by atoms with Gasteiger partial charge in [-0.2, -0.15) is 5.10 Å². The smallest absolute Gasteiger partial charge is 0.0518 e. The van der Waals surface area contributed by atoms with Crippen LogP contribution in [0, 0.1) is 11.8 Å². The highest BCUT2D eigenvalue weighted by Crippen LogP contribution is 2.30. The van der Waals surface area contributed by atoms with Gasteiger partial charge in [-0.25, -0.2) is 0 Å². The molecule has 0 amide bonds. The van der Waals surface area contributed by atoms with Gasteiger partial charge < -0.3 is 5.32 Å². The summed E-state index contributed by atoms with van der Waals surface area (Å²) in [4.78, 5) is 0. The van der Waals surface area contributed by atoms with E-state index >= 15 is 0 Å². The third-order valence-electron chi connectivity index (χ3n) is 4.13. The highest BCUT2D eigenvalue weighted by atomic mass is 15.1. The zero-order chi connectivity index (χ0) is 12.1. The fourth-order valence-electron chi connectivity index (χ4n) is 2.74. The number of nitrogens with zero attached hydrogens (tertiary/aromatic N) is 1. The predicted molar refractivity (Wildman–Crippen MR) is 70.7 cm³/mol. The van der Waals surface area contributed by atoms with Crippen molar-refractivity contribution in [3.8, 4) is 0 Å². The molecule has 0 aliphatic heterocycles. The lowest BCUT2D eigenvalue weighted by molar-refractivity contribution is 0.273. The largest absolute Gasteiger partial charge is 0.309 e. The van der Waals surface area contributed by atoms with E-state index in [9.17, 15) is 0 Å². The maximum atomic E-state index is 3.98. The molecule has 1 atom stereocenters. The van der Waals surface area contributed by atoms with Crippen molar-refractivity contribution < 1.29 is 0 Å². The SMILES string of the molecule is CC1CCC(CCNC(C)c2ccn[nH]2)CC1. The molecule has 1 fully saturated rings. The van der Waals surface area contributed by atoms with Crippen molar-refractivity contribution in [1.82, 2.24) is 15.5 Å². The Morgan fingerprint density at radius 2 is 2.18 bits per heavy atom. The third-order valence-corrected chi connectivity index (χ3v) is 4.13. The standard InChI is InChI=1S/C14H25N3/c1-11-3-5-13(6-4-11)7-9-15-12(2)14-8-10-16-17-14/h8,10-13,15H,3-7,9H2,1-2H3,(H,16,17). The van der Waals surface area contributed by atoms with Crippen LogP contribution in [0.5, 0.6) is 0 Å². The van der Waals surface area contributed by atoms with Crippen LogP contribution < -0.4 is 5.32 Å². The van der Waals surface area contributed by atoms with Crippen LogP contribution in [-0.4, -0.2) is 16.7 Å². The number of rotatable bonds is 5. The number of nitrogens with one attached hydrogen (secondary N) is 2. The van der Waals surface area contributed by atoms with Crippen molar-refractivity contribution in [2.45, 2.75) is 52.0 Å². The molecular weight excluding hydrogens is 210 g/mol. The summed E-state index contributed by atoms with van der Waals surface area (Å²) in [6.07, 6.45) is 8.87. The van der Waals surface area contributed by atoms with Crippen molar-refractivity contribution in [2.75, 3.05) is 6.54 Å². The molecule has 2 rings (SSSR count). The normalized spacial score (nSPS) is 26.9. The van der Waals surface area contributed by atoms with E-state index in [0.717, 1.165) is 18.4 Å². The van der Waals surface area contributed by atoms with Crippen molar-refractivity contribution in [3.05, 3.63) is 18.0 Å². The molecule has 0 aromatic carbocycles. The first kappa shape index (κ1) is 12.6. The lowest BCUT2D eigenvalue weighted by Crippen LogP contribution is -2.23. The minimum absolute atomic E-state index is 0.389. The van der Waals surface area contributed by atoms with Gasteiger partial charge in [-0.05, 0) is 37.8 Å². The summed E-state index contributed by atoms with van der Waals surface area (Å²) in [5.41, 5.74) is 1.18. The Morgan fingerprint density at radius 3 is 2.82 bits per heavy atom. The molecule has 0 bridgehead atoms. The quantitative estimate of drug-likeness (QED) is 0.822. The van der Waals surface area contributed by atoms with Gasteiger partial charge in [0, 0.05) is 12.2 Å². The molecule has 3 heteroatoms.